The topological polar surface area (TPSA) is 107 Å². The van der Waals surface area contributed by atoms with Gasteiger partial charge in [-0.3, -0.25) is 14.9 Å². The van der Waals surface area contributed by atoms with E-state index in [1.807, 2.05) is 35.7 Å². The predicted octanol–water partition coefficient (Wildman–Crippen LogP) is 5.01. The summed E-state index contributed by atoms with van der Waals surface area (Å²) in [6.45, 7) is 0. The number of non-ortho nitro benzene ring substituents is 1. The van der Waals surface area contributed by atoms with Gasteiger partial charge in [0.25, 0.3) is 5.69 Å². The fraction of sp³-hybridized carbons (Fsp3) is 0.0952. The van der Waals surface area contributed by atoms with Crippen molar-refractivity contribution in [3.05, 3.63) is 70.4 Å². The fourth-order valence-electron chi connectivity index (χ4n) is 3.00. The van der Waals surface area contributed by atoms with Gasteiger partial charge in [-0.25, -0.2) is 9.97 Å². The Labute approximate surface area is 185 Å². The molecule has 4 rings (SSSR count). The number of methoxy groups -OCH3 is 1. The van der Waals surface area contributed by atoms with Crippen LogP contribution in [0.4, 0.5) is 11.4 Å². The zero-order chi connectivity index (χ0) is 21.8. The second-order valence-corrected chi connectivity index (χ2v) is 8.18. The highest BCUT2D eigenvalue weighted by Crippen LogP contribution is 2.38. The van der Waals surface area contributed by atoms with Gasteiger partial charge in [0, 0.05) is 17.0 Å². The first kappa shape index (κ1) is 20.8. The quantitative estimate of drug-likeness (QED) is 0.182. The zero-order valence-corrected chi connectivity index (χ0v) is 17.9. The fourth-order valence-corrected chi connectivity index (χ4v) is 4.80. The first-order valence-electron chi connectivity index (χ1n) is 9.09. The van der Waals surface area contributed by atoms with E-state index in [1.165, 1.54) is 54.7 Å². The maximum atomic E-state index is 12.5. The molecule has 4 aromatic rings. The van der Waals surface area contributed by atoms with E-state index >= 15 is 0 Å². The number of amides is 1. The summed E-state index contributed by atoms with van der Waals surface area (Å²) in [5.74, 6) is 0.0534. The van der Waals surface area contributed by atoms with Crippen molar-refractivity contribution in [2.45, 2.75) is 5.03 Å². The summed E-state index contributed by atoms with van der Waals surface area (Å²) in [6.07, 6.45) is 1.49. The molecule has 8 nitrogen and oxygen atoms in total. The minimum Gasteiger partial charge on any atom is -0.494 e. The number of carbonyl (C=O) groups is 1. The number of rotatable bonds is 7. The molecular formula is C21H16N4O4S2. The molecule has 2 heterocycles. The summed E-state index contributed by atoms with van der Waals surface area (Å²) < 4.78 is 5.17. The van der Waals surface area contributed by atoms with Crippen molar-refractivity contribution in [1.29, 1.82) is 0 Å². The van der Waals surface area contributed by atoms with E-state index in [1.54, 1.807) is 0 Å². The molecular weight excluding hydrogens is 436 g/mol. The lowest BCUT2D eigenvalue weighted by Gasteiger charge is -2.10. The monoisotopic (exact) mass is 452 g/mol. The molecule has 0 spiro atoms. The van der Waals surface area contributed by atoms with Gasteiger partial charge < -0.3 is 10.1 Å². The van der Waals surface area contributed by atoms with E-state index in [4.69, 9.17) is 4.74 Å². The van der Waals surface area contributed by atoms with Crippen molar-refractivity contribution >= 4 is 50.6 Å². The summed E-state index contributed by atoms with van der Waals surface area (Å²) in [7, 11) is 1.39. The molecule has 1 amide bonds. The predicted molar refractivity (Wildman–Crippen MR) is 122 cm³/mol. The highest BCUT2D eigenvalue weighted by Gasteiger charge is 2.16. The van der Waals surface area contributed by atoms with Crippen LogP contribution < -0.4 is 10.1 Å². The molecule has 0 radical (unpaired) electrons. The molecule has 31 heavy (non-hydrogen) atoms. The van der Waals surface area contributed by atoms with Gasteiger partial charge in [0.2, 0.25) is 5.91 Å². The van der Waals surface area contributed by atoms with Gasteiger partial charge in [0.1, 0.15) is 21.9 Å². The molecule has 156 valence electrons. The van der Waals surface area contributed by atoms with Crippen LogP contribution >= 0.6 is 23.1 Å². The van der Waals surface area contributed by atoms with Gasteiger partial charge in [0.05, 0.1) is 34.9 Å². The summed E-state index contributed by atoms with van der Waals surface area (Å²) in [4.78, 5) is 32.5. The van der Waals surface area contributed by atoms with E-state index in [-0.39, 0.29) is 23.1 Å². The Bertz CT molecular complexity index is 1260. The van der Waals surface area contributed by atoms with E-state index in [0.29, 0.717) is 5.69 Å². The lowest BCUT2D eigenvalue weighted by molar-refractivity contribution is -0.384. The minimum atomic E-state index is -0.518. The standard InChI is InChI=1S/C21H16N4O4S2/c1-29-17-9-14(25(27)28)7-8-16(17)24-18(26)11-31-21-19-15(13-5-3-2-4-6-13)10-30-20(19)22-12-23-21/h2-10,12H,11H2,1H3,(H,24,26). The van der Waals surface area contributed by atoms with Crippen LogP contribution in [0.2, 0.25) is 0 Å². The van der Waals surface area contributed by atoms with Crippen LogP contribution in [0.15, 0.2) is 65.3 Å². The molecule has 0 saturated carbocycles. The van der Waals surface area contributed by atoms with E-state index in [9.17, 15) is 14.9 Å². The van der Waals surface area contributed by atoms with Gasteiger partial charge in [0.15, 0.2) is 0 Å². The van der Waals surface area contributed by atoms with Crippen molar-refractivity contribution in [1.82, 2.24) is 9.97 Å². The molecule has 10 heteroatoms. The van der Waals surface area contributed by atoms with E-state index in [0.717, 1.165) is 26.4 Å². The largest absolute Gasteiger partial charge is 0.494 e. The van der Waals surface area contributed by atoms with E-state index in [2.05, 4.69) is 15.3 Å². The van der Waals surface area contributed by atoms with Crippen LogP contribution in [0.25, 0.3) is 21.3 Å². The number of aromatic nitrogens is 2. The SMILES string of the molecule is COc1cc([N+](=O)[O-])ccc1NC(=O)CSc1ncnc2scc(-c3ccccc3)c12. The van der Waals surface area contributed by atoms with Crippen LogP contribution in [0.1, 0.15) is 0 Å². The van der Waals surface area contributed by atoms with Crippen molar-refractivity contribution in [2.75, 3.05) is 18.2 Å². The van der Waals surface area contributed by atoms with Gasteiger partial charge in [-0.15, -0.1) is 11.3 Å². The van der Waals surface area contributed by atoms with Gasteiger partial charge in [-0.05, 0) is 11.6 Å². The number of thioether (sulfide) groups is 1. The Hall–Kier alpha value is -3.50. The number of thiophene rings is 1. The third-order valence-corrected chi connectivity index (χ3v) is 6.31. The van der Waals surface area contributed by atoms with Crippen molar-refractivity contribution in [2.24, 2.45) is 0 Å². The number of nitro benzene ring substituents is 1. The molecule has 0 aliphatic rings. The number of fused-ring (bicyclic) bond motifs is 1. The van der Waals surface area contributed by atoms with Crippen LogP contribution in [0.3, 0.4) is 0 Å². The highest BCUT2D eigenvalue weighted by atomic mass is 32.2. The van der Waals surface area contributed by atoms with Gasteiger partial charge in [-0.1, -0.05) is 42.1 Å². The Morgan fingerprint density at radius 3 is 2.77 bits per heavy atom. The lowest BCUT2D eigenvalue weighted by Crippen LogP contribution is -2.15. The Kier molecular flexibility index (Phi) is 6.10. The third kappa shape index (κ3) is 4.49. The molecule has 2 aromatic heterocycles. The molecule has 0 unspecified atom stereocenters. The van der Waals surface area contributed by atoms with Crippen molar-refractivity contribution in [3.63, 3.8) is 0 Å². The molecule has 0 saturated heterocycles. The van der Waals surface area contributed by atoms with Crippen LogP contribution in [-0.4, -0.2) is 33.7 Å². The first-order valence-corrected chi connectivity index (χ1v) is 11.0. The molecule has 2 aromatic carbocycles. The summed E-state index contributed by atoms with van der Waals surface area (Å²) >= 11 is 2.84. The number of hydrogen-bond acceptors (Lipinski definition) is 8. The molecule has 0 aliphatic carbocycles. The number of nitro groups is 1. The normalized spacial score (nSPS) is 10.7. The number of ether oxygens (including phenoxy) is 1. The number of anilines is 1. The first-order chi connectivity index (χ1) is 15.1. The summed E-state index contributed by atoms with van der Waals surface area (Å²) in [6, 6.07) is 14.0. The lowest BCUT2D eigenvalue weighted by atomic mass is 10.1. The van der Waals surface area contributed by atoms with Gasteiger partial charge in [-0.2, -0.15) is 0 Å². The number of hydrogen-bond donors (Lipinski definition) is 1. The molecule has 1 N–H and O–H groups in total. The van der Waals surface area contributed by atoms with Gasteiger partial charge >= 0.3 is 0 Å². The second kappa shape index (κ2) is 9.11. The molecule has 0 bridgehead atoms. The van der Waals surface area contributed by atoms with Crippen molar-refractivity contribution < 1.29 is 14.5 Å². The third-order valence-electron chi connectivity index (χ3n) is 4.43. The van der Waals surface area contributed by atoms with Crippen LogP contribution in [0, 0.1) is 10.1 Å². The number of nitrogens with one attached hydrogen (secondary N) is 1. The smallest absolute Gasteiger partial charge is 0.273 e. The average Bonchev–Trinajstić information content (AvgIpc) is 3.23. The average molecular weight is 453 g/mol. The minimum absolute atomic E-state index is 0.107. The number of nitrogens with zero attached hydrogens (tertiary/aromatic N) is 3. The molecule has 0 fully saturated rings. The molecule has 0 aliphatic heterocycles. The Morgan fingerprint density at radius 2 is 2.03 bits per heavy atom. The van der Waals surface area contributed by atoms with E-state index < -0.39 is 4.92 Å². The Morgan fingerprint density at radius 1 is 1.23 bits per heavy atom. The number of carbonyl (C=O) groups excluding carboxylic acids is 1. The second-order valence-electron chi connectivity index (χ2n) is 6.35. The summed E-state index contributed by atoms with van der Waals surface area (Å²) in [5, 5.41) is 17.3. The summed E-state index contributed by atoms with van der Waals surface area (Å²) in [5.41, 5.74) is 2.34. The zero-order valence-electron chi connectivity index (χ0n) is 16.3. The Balaban J connectivity index is 1.53. The molecule has 0 atom stereocenters. The maximum absolute atomic E-state index is 12.5. The highest BCUT2D eigenvalue weighted by molar-refractivity contribution is 8.00. The van der Waals surface area contributed by atoms with Crippen LogP contribution in [-0.2, 0) is 4.79 Å². The number of benzene rings is 2. The van der Waals surface area contributed by atoms with Crippen LogP contribution in [0.5, 0.6) is 5.75 Å². The van der Waals surface area contributed by atoms with Crippen molar-refractivity contribution in [3.8, 4) is 16.9 Å². The maximum Gasteiger partial charge on any atom is 0.273 e.